The zero-order valence-corrected chi connectivity index (χ0v) is 18.5. The van der Waals surface area contributed by atoms with Crippen molar-refractivity contribution in [1.82, 2.24) is 4.72 Å². The first-order valence-corrected chi connectivity index (χ1v) is 12.6. The van der Waals surface area contributed by atoms with Gasteiger partial charge >= 0.3 is 0 Å². The SMILES string of the molecule is CCCCCCCCCCCCCCCCNS(=O)(=O)c1ccc(NN)cc1. The third kappa shape index (κ3) is 11.7. The zero-order valence-electron chi connectivity index (χ0n) is 17.7. The Morgan fingerprint density at radius 2 is 1.14 bits per heavy atom. The molecule has 28 heavy (non-hydrogen) atoms. The van der Waals surface area contributed by atoms with Crippen molar-refractivity contribution in [3.63, 3.8) is 0 Å². The van der Waals surface area contributed by atoms with Crippen LogP contribution in [0.5, 0.6) is 0 Å². The summed E-state index contributed by atoms with van der Waals surface area (Å²) in [5, 5.41) is 0. The summed E-state index contributed by atoms with van der Waals surface area (Å²) < 4.78 is 27.1. The molecule has 5 nitrogen and oxygen atoms in total. The lowest BCUT2D eigenvalue weighted by molar-refractivity contribution is 0.533. The molecule has 1 aromatic carbocycles. The molecule has 0 spiro atoms. The number of anilines is 1. The highest BCUT2D eigenvalue weighted by atomic mass is 32.2. The maximum Gasteiger partial charge on any atom is 0.240 e. The lowest BCUT2D eigenvalue weighted by atomic mass is 10.0. The van der Waals surface area contributed by atoms with Crippen molar-refractivity contribution >= 4 is 15.7 Å². The van der Waals surface area contributed by atoms with E-state index in [-0.39, 0.29) is 4.90 Å². The average molecular weight is 412 g/mol. The van der Waals surface area contributed by atoms with Gasteiger partial charge in [0.05, 0.1) is 4.90 Å². The molecule has 162 valence electrons. The number of nitrogens with one attached hydrogen (secondary N) is 2. The van der Waals surface area contributed by atoms with E-state index in [1.54, 1.807) is 24.3 Å². The van der Waals surface area contributed by atoms with Gasteiger partial charge in [0.2, 0.25) is 10.0 Å². The van der Waals surface area contributed by atoms with Gasteiger partial charge in [0.25, 0.3) is 0 Å². The summed E-state index contributed by atoms with van der Waals surface area (Å²) in [6.45, 7) is 2.76. The molecular weight excluding hydrogens is 370 g/mol. The monoisotopic (exact) mass is 411 g/mol. The molecule has 0 bridgehead atoms. The maximum atomic E-state index is 12.2. The number of rotatable bonds is 18. The number of hydrogen-bond donors (Lipinski definition) is 3. The van der Waals surface area contributed by atoms with E-state index < -0.39 is 10.0 Å². The summed E-state index contributed by atoms with van der Waals surface area (Å²) in [5.41, 5.74) is 3.18. The van der Waals surface area contributed by atoms with E-state index in [0.29, 0.717) is 12.2 Å². The van der Waals surface area contributed by atoms with Gasteiger partial charge in [-0.2, -0.15) is 0 Å². The second-order valence-corrected chi connectivity index (χ2v) is 9.43. The number of nitrogen functional groups attached to an aromatic ring is 1. The molecule has 0 heterocycles. The van der Waals surface area contributed by atoms with Crippen molar-refractivity contribution in [3.8, 4) is 0 Å². The summed E-state index contributed by atoms with van der Waals surface area (Å²) in [5.74, 6) is 5.29. The van der Waals surface area contributed by atoms with Gasteiger partial charge in [-0.25, -0.2) is 13.1 Å². The van der Waals surface area contributed by atoms with Crippen molar-refractivity contribution in [2.45, 2.75) is 102 Å². The third-order valence-corrected chi connectivity index (χ3v) is 6.63. The molecule has 4 N–H and O–H groups in total. The molecule has 6 heteroatoms. The first-order chi connectivity index (χ1) is 13.6. The second-order valence-electron chi connectivity index (χ2n) is 7.66. The van der Waals surface area contributed by atoms with Crippen LogP contribution in [0.1, 0.15) is 96.8 Å². The van der Waals surface area contributed by atoms with E-state index in [1.807, 2.05) is 0 Å². The van der Waals surface area contributed by atoms with Gasteiger partial charge in [0, 0.05) is 12.2 Å². The van der Waals surface area contributed by atoms with Crippen molar-refractivity contribution in [2.24, 2.45) is 5.84 Å². The highest BCUT2D eigenvalue weighted by Gasteiger charge is 2.12. The van der Waals surface area contributed by atoms with Crippen LogP contribution in [0.2, 0.25) is 0 Å². The molecule has 0 aromatic heterocycles. The Bertz CT molecular complexity index is 588. The van der Waals surface area contributed by atoms with Crippen LogP contribution >= 0.6 is 0 Å². The minimum absolute atomic E-state index is 0.275. The number of hydrazine groups is 1. The summed E-state index contributed by atoms with van der Waals surface area (Å²) in [4.78, 5) is 0.275. The fourth-order valence-corrected chi connectivity index (χ4v) is 4.41. The minimum Gasteiger partial charge on any atom is -0.324 e. The average Bonchev–Trinajstić information content (AvgIpc) is 2.71. The molecule has 0 saturated carbocycles. The molecule has 0 aliphatic rings. The lowest BCUT2D eigenvalue weighted by Gasteiger charge is -2.08. The Balaban J connectivity index is 1.94. The van der Waals surface area contributed by atoms with E-state index in [4.69, 9.17) is 5.84 Å². The molecule has 0 aliphatic heterocycles. The Morgan fingerprint density at radius 3 is 1.57 bits per heavy atom. The van der Waals surface area contributed by atoms with Crippen LogP contribution in [0.15, 0.2) is 29.2 Å². The molecule has 0 radical (unpaired) electrons. The van der Waals surface area contributed by atoms with E-state index in [1.165, 1.54) is 77.0 Å². The molecule has 0 aliphatic carbocycles. The molecular formula is C22H41N3O2S. The van der Waals surface area contributed by atoms with Crippen molar-refractivity contribution in [3.05, 3.63) is 24.3 Å². The standard InChI is InChI=1S/C22H41N3O2S/c1-2-3-4-5-6-7-8-9-10-11-12-13-14-15-20-24-28(26,27)22-18-16-21(25-23)17-19-22/h16-19,24-25H,2-15,20,23H2,1H3. The first-order valence-electron chi connectivity index (χ1n) is 11.2. The fraction of sp³-hybridized carbons (Fsp3) is 0.727. The Hall–Kier alpha value is -1.11. The Labute approximate surface area is 172 Å². The van der Waals surface area contributed by atoms with Gasteiger partial charge in [-0.15, -0.1) is 0 Å². The predicted octanol–water partition coefficient (Wildman–Crippen LogP) is 5.73. The molecule has 1 aromatic rings. The summed E-state index contributed by atoms with van der Waals surface area (Å²) >= 11 is 0. The summed E-state index contributed by atoms with van der Waals surface area (Å²) in [6, 6.07) is 6.42. The van der Waals surface area contributed by atoms with Crippen LogP contribution in [0, 0.1) is 0 Å². The van der Waals surface area contributed by atoms with Gasteiger partial charge < -0.3 is 5.43 Å². The molecule has 0 unspecified atom stereocenters. The Kier molecular flexibility index (Phi) is 14.0. The highest BCUT2D eigenvalue weighted by molar-refractivity contribution is 7.89. The number of sulfonamides is 1. The summed E-state index contributed by atoms with van der Waals surface area (Å²) in [7, 11) is -3.42. The Morgan fingerprint density at radius 1 is 0.714 bits per heavy atom. The predicted molar refractivity (Wildman–Crippen MR) is 120 cm³/mol. The van der Waals surface area contributed by atoms with E-state index >= 15 is 0 Å². The van der Waals surface area contributed by atoms with Crippen LogP contribution in [-0.2, 0) is 10.0 Å². The zero-order chi connectivity index (χ0) is 20.5. The summed E-state index contributed by atoms with van der Waals surface area (Å²) in [6.07, 6.45) is 18.2. The highest BCUT2D eigenvalue weighted by Crippen LogP contribution is 2.14. The maximum absolute atomic E-state index is 12.2. The molecule has 0 fully saturated rings. The topological polar surface area (TPSA) is 84.2 Å². The third-order valence-electron chi connectivity index (χ3n) is 5.15. The lowest BCUT2D eigenvalue weighted by Crippen LogP contribution is -2.24. The smallest absolute Gasteiger partial charge is 0.240 e. The van der Waals surface area contributed by atoms with Crippen molar-refractivity contribution in [1.29, 1.82) is 0 Å². The van der Waals surface area contributed by atoms with Gasteiger partial charge in [-0.3, -0.25) is 5.84 Å². The van der Waals surface area contributed by atoms with E-state index in [2.05, 4.69) is 17.1 Å². The first kappa shape index (κ1) is 24.9. The van der Waals surface area contributed by atoms with Crippen LogP contribution in [0.3, 0.4) is 0 Å². The van der Waals surface area contributed by atoms with Crippen LogP contribution in [-0.4, -0.2) is 15.0 Å². The van der Waals surface area contributed by atoms with Gasteiger partial charge in [-0.1, -0.05) is 90.4 Å². The van der Waals surface area contributed by atoms with Crippen LogP contribution in [0.25, 0.3) is 0 Å². The molecule has 0 saturated heterocycles. The number of benzene rings is 1. The van der Waals surface area contributed by atoms with Gasteiger partial charge in [-0.05, 0) is 30.7 Å². The normalized spacial score (nSPS) is 11.6. The van der Waals surface area contributed by atoms with Crippen LogP contribution in [0.4, 0.5) is 5.69 Å². The number of unbranched alkanes of at least 4 members (excludes halogenated alkanes) is 13. The molecule has 0 atom stereocenters. The van der Waals surface area contributed by atoms with Gasteiger partial charge in [0.15, 0.2) is 0 Å². The van der Waals surface area contributed by atoms with Gasteiger partial charge in [0.1, 0.15) is 0 Å². The van der Waals surface area contributed by atoms with E-state index in [9.17, 15) is 8.42 Å². The van der Waals surface area contributed by atoms with E-state index in [0.717, 1.165) is 12.8 Å². The fourth-order valence-electron chi connectivity index (χ4n) is 3.34. The second kappa shape index (κ2) is 15.8. The molecule has 0 amide bonds. The van der Waals surface area contributed by atoms with Crippen LogP contribution < -0.4 is 16.0 Å². The largest absolute Gasteiger partial charge is 0.324 e. The van der Waals surface area contributed by atoms with Crippen molar-refractivity contribution in [2.75, 3.05) is 12.0 Å². The molecule has 1 rings (SSSR count). The number of hydrogen-bond acceptors (Lipinski definition) is 4. The number of nitrogens with two attached hydrogens (primary N) is 1. The van der Waals surface area contributed by atoms with Crippen molar-refractivity contribution < 1.29 is 8.42 Å². The minimum atomic E-state index is -3.42. The quantitative estimate of drug-likeness (QED) is 0.164.